The quantitative estimate of drug-likeness (QED) is 0.745. The van der Waals surface area contributed by atoms with Crippen LogP contribution in [-0.2, 0) is 0 Å². The Hall–Kier alpha value is -1.21. The number of halogens is 1. The molecule has 0 unspecified atom stereocenters. The monoisotopic (exact) mass is 226 g/mol. The van der Waals surface area contributed by atoms with Crippen molar-refractivity contribution in [3.63, 3.8) is 0 Å². The predicted molar refractivity (Wildman–Crippen MR) is 49.8 cm³/mol. The number of anilines is 1. The molecule has 3 nitrogen and oxygen atoms in total. The molecule has 0 atom stereocenters. The number of nitrogen functional groups attached to an aromatic ring is 1. The predicted octanol–water partition coefficient (Wildman–Crippen LogP) is 1.91. The smallest absolute Gasteiger partial charge is 0.138 e. The van der Waals surface area contributed by atoms with Crippen molar-refractivity contribution in [2.45, 2.75) is 0 Å². The van der Waals surface area contributed by atoms with Crippen molar-refractivity contribution in [2.24, 2.45) is 0 Å². The van der Waals surface area contributed by atoms with Crippen LogP contribution in [0.5, 0.6) is 5.75 Å². The van der Waals surface area contributed by atoms with E-state index in [0.717, 1.165) is 0 Å². The first-order valence-corrected chi connectivity index (χ1v) is 4.01. The maximum absolute atomic E-state index is 8.67. The minimum Gasteiger partial charge on any atom is -0.495 e. The number of nitriles is 1. The van der Waals surface area contributed by atoms with E-state index in [4.69, 9.17) is 15.7 Å². The minimum absolute atomic E-state index is 0.471. The van der Waals surface area contributed by atoms with Crippen molar-refractivity contribution >= 4 is 21.6 Å². The fourth-order valence-electron chi connectivity index (χ4n) is 0.825. The van der Waals surface area contributed by atoms with Gasteiger partial charge in [0, 0.05) is 16.2 Å². The summed E-state index contributed by atoms with van der Waals surface area (Å²) in [6.07, 6.45) is 0. The highest BCUT2D eigenvalue weighted by atomic mass is 79.9. The second kappa shape index (κ2) is 3.46. The molecule has 0 aliphatic carbocycles. The molecule has 0 radical (unpaired) electrons. The first-order chi connectivity index (χ1) is 5.69. The molecule has 1 aromatic carbocycles. The van der Waals surface area contributed by atoms with Gasteiger partial charge in [-0.15, -0.1) is 0 Å². The third kappa shape index (κ3) is 1.51. The Balaban J connectivity index is 3.31. The number of methoxy groups -OCH3 is 1. The summed E-state index contributed by atoms with van der Waals surface area (Å²) in [4.78, 5) is 0. The summed E-state index contributed by atoms with van der Waals surface area (Å²) >= 11 is 3.22. The summed E-state index contributed by atoms with van der Waals surface area (Å²) < 4.78 is 5.66. The van der Waals surface area contributed by atoms with Crippen LogP contribution in [0.4, 0.5) is 5.69 Å². The Morgan fingerprint density at radius 3 is 2.75 bits per heavy atom. The number of hydrogen-bond donors (Lipinski definition) is 1. The van der Waals surface area contributed by atoms with Crippen LogP contribution in [0.25, 0.3) is 0 Å². The van der Waals surface area contributed by atoms with E-state index in [9.17, 15) is 0 Å². The van der Waals surface area contributed by atoms with Crippen molar-refractivity contribution in [1.82, 2.24) is 0 Å². The van der Waals surface area contributed by atoms with E-state index < -0.39 is 0 Å². The molecular weight excluding hydrogens is 220 g/mol. The molecule has 0 spiro atoms. The summed E-state index contributed by atoms with van der Waals surface area (Å²) in [5, 5.41) is 8.67. The van der Waals surface area contributed by atoms with Crippen molar-refractivity contribution < 1.29 is 4.74 Å². The van der Waals surface area contributed by atoms with Gasteiger partial charge in [-0.3, -0.25) is 0 Å². The number of nitrogens with two attached hydrogens (primary N) is 1. The van der Waals surface area contributed by atoms with Gasteiger partial charge in [0.25, 0.3) is 0 Å². The van der Waals surface area contributed by atoms with Gasteiger partial charge in [0.2, 0.25) is 0 Å². The Morgan fingerprint density at radius 1 is 1.58 bits per heavy atom. The fourth-order valence-corrected chi connectivity index (χ4v) is 1.17. The highest BCUT2D eigenvalue weighted by molar-refractivity contribution is 9.10. The second-order valence-corrected chi connectivity index (χ2v) is 3.04. The van der Waals surface area contributed by atoms with Gasteiger partial charge >= 0.3 is 0 Å². The molecule has 0 saturated heterocycles. The molecule has 12 heavy (non-hydrogen) atoms. The maximum atomic E-state index is 8.67. The van der Waals surface area contributed by atoms with Gasteiger partial charge in [0.15, 0.2) is 0 Å². The first-order valence-electron chi connectivity index (χ1n) is 3.22. The third-order valence-corrected chi connectivity index (χ3v) is 2.13. The Bertz CT molecular complexity index is 344. The molecule has 1 aromatic rings. The Morgan fingerprint density at radius 2 is 2.25 bits per heavy atom. The maximum Gasteiger partial charge on any atom is 0.138 e. The molecule has 62 valence electrons. The minimum atomic E-state index is 0.471. The largest absolute Gasteiger partial charge is 0.495 e. The highest BCUT2D eigenvalue weighted by Gasteiger charge is 2.05. The number of rotatable bonds is 1. The van der Waals surface area contributed by atoms with Gasteiger partial charge in [-0.25, -0.2) is 0 Å². The average molecular weight is 227 g/mol. The zero-order valence-corrected chi connectivity index (χ0v) is 8.05. The third-order valence-electron chi connectivity index (χ3n) is 1.44. The average Bonchev–Trinajstić information content (AvgIpc) is 2.09. The van der Waals surface area contributed by atoms with E-state index in [1.807, 2.05) is 6.07 Å². The van der Waals surface area contributed by atoms with Gasteiger partial charge in [0.1, 0.15) is 11.8 Å². The summed E-state index contributed by atoms with van der Waals surface area (Å²) in [5.74, 6) is 0.498. The zero-order chi connectivity index (χ0) is 9.14. The Labute approximate surface area is 78.9 Å². The molecule has 0 bridgehead atoms. The summed E-state index contributed by atoms with van der Waals surface area (Å²) in [5.41, 5.74) is 6.62. The molecule has 1 rings (SSSR count). The topological polar surface area (TPSA) is 59.0 Å². The van der Waals surface area contributed by atoms with Crippen molar-refractivity contribution in [3.05, 3.63) is 22.2 Å². The van der Waals surface area contributed by atoms with Crippen LogP contribution in [0.3, 0.4) is 0 Å². The SMILES string of the molecule is COc1cc(N)c(Br)cc1C#N. The lowest BCUT2D eigenvalue weighted by atomic mass is 10.2. The lowest BCUT2D eigenvalue weighted by molar-refractivity contribution is 0.413. The summed E-state index contributed by atoms with van der Waals surface area (Å²) in [7, 11) is 1.50. The van der Waals surface area contributed by atoms with E-state index in [1.54, 1.807) is 12.1 Å². The first kappa shape index (κ1) is 8.88. The molecule has 0 aliphatic rings. The zero-order valence-electron chi connectivity index (χ0n) is 6.47. The van der Waals surface area contributed by atoms with E-state index in [-0.39, 0.29) is 0 Å². The fraction of sp³-hybridized carbons (Fsp3) is 0.125. The second-order valence-electron chi connectivity index (χ2n) is 2.19. The van der Waals surface area contributed by atoms with Crippen molar-refractivity contribution in [1.29, 1.82) is 5.26 Å². The molecule has 0 amide bonds. The molecule has 0 aliphatic heterocycles. The van der Waals surface area contributed by atoms with Crippen molar-refractivity contribution in [3.8, 4) is 11.8 Å². The van der Waals surface area contributed by atoms with Crippen LogP contribution in [0, 0.1) is 11.3 Å². The highest BCUT2D eigenvalue weighted by Crippen LogP contribution is 2.28. The summed E-state index contributed by atoms with van der Waals surface area (Å²) in [6, 6.07) is 5.25. The molecule has 2 N–H and O–H groups in total. The molecular formula is C8H7BrN2O. The molecule has 4 heteroatoms. The van der Waals surface area contributed by atoms with Gasteiger partial charge in [-0.05, 0) is 22.0 Å². The van der Waals surface area contributed by atoms with Crippen LogP contribution >= 0.6 is 15.9 Å². The standard InChI is InChI=1S/C8H7BrN2O/c1-12-8-3-7(11)6(9)2-5(8)4-10/h2-3H,11H2,1H3. The lowest BCUT2D eigenvalue weighted by Crippen LogP contribution is -1.92. The lowest BCUT2D eigenvalue weighted by Gasteiger charge is -2.04. The molecule has 0 aromatic heterocycles. The van der Waals surface area contributed by atoms with E-state index in [1.165, 1.54) is 7.11 Å². The van der Waals surface area contributed by atoms with Gasteiger partial charge in [-0.2, -0.15) is 5.26 Å². The van der Waals surface area contributed by atoms with E-state index in [0.29, 0.717) is 21.5 Å². The van der Waals surface area contributed by atoms with Gasteiger partial charge in [0.05, 0.1) is 12.7 Å². The van der Waals surface area contributed by atoms with Gasteiger partial charge in [-0.1, -0.05) is 0 Å². The van der Waals surface area contributed by atoms with Crippen LogP contribution in [0.2, 0.25) is 0 Å². The number of benzene rings is 1. The van der Waals surface area contributed by atoms with Crippen LogP contribution in [0.1, 0.15) is 5.56 Å². The van der Waals surface area contributed by atoms with Crippen molar-refractivity contribution in [2.75, 3.05) is 12.8 Å². The molecule has 0 fully saturated rings. The van der Waals surface area contributed by atoms with E-state index in [2.05, 4.69) is 15.9 Å². The normalized spacial score (nSPS) is 9.08. The molecule has 0 saturated carbocycles. The summed E-state index contributed by atoms with van der Waals surface area (Å²) in [6.45, 7) is 0. The number of hydrogen-bond acceptors (Lipinski definition) is 3. The van der Waals surface area contributed by atoms with Crippen LogP contribution in [0.15, 0.2) is 16.6 Å². The number of ether oxygens (including phenoxy) is 1. The Kier molecular flexibility index (Phi) is 2.56. The van der Waals surface area contributed by atoms with E-state index >= 15 is 0 Å². The van der Waals surface area contributed by atoms with Crippen LogP contribution < -0.4 is 10.5 Å². The molecule has 0 heterocycles. The number of nitrogens with zero attached hydrogens (tertiary/aromatic N) is 1. The van der Waals surface area contributed by atoms with Crippen LogP contribution in [-0.4, -0.2) is 7.11 Å². The van der Waals surface area contributed by atoms with Gasteiger partial charge < -0.3 is 10.5 Å².